The molecule has 0 radical (unpaired) electrons. The van der Waals surface area contributed by atoms with Crippen LogP contribution in [0.15, 0.2) is 36.8 Å². The molecule has 1 N–H and O–H groups in total. The van der Waals surface area contributed by atoms with Gasteiger partial charge in [0.2, 0.25) is 5.91 Å². The maximum atomic E-state index is 12.2. The van der Waals surface area contributed by atoms with Crippen LogP contribution in [-0.2, 0) is 4.79 Å². The lowest BCUT2D eigenvalue weighted by Gasteiger charge is -2.26. The molecule has 102 valence electrons. The average molecular weight is 271 g/mol. The summed E-state index contributed by atoms with van der Waals surface area (Å²) in [6.07, 6.45) is 4.94. The fourth-order valence-electron chi connectivity index (χ4n) is 2.05. The smallest absolute Gasteiger partial charge is 0.255 e. The molecule has 0 unspecified atom stereocenters. The van der Waals surface area contributed by atoms with Crippen LogP contribution in [-0.4, -0.2) is 51.1 Å². The van der Waals surface area contributed by atoms with Gasteiger partial charge in [-0.15, -0.1) is 0 Å². The van der Waals surface area contributed by atoms with Crippen LogP contribution in [0.25, 0.3) is 5.82 Å². The van der Waals surface area contributed by atoms with Gasteiger partial charge >= 0.3 is 0 Å². The number of nitrogens with one attached hydrogen (secondary N) is 1. The molecule has 7 heteroatoms. The standard InChI is InChI=1S/C13H13N5O2/c19-12-9-17(7-5-14-12)13(20)10-2-3-11(15-8-10)18-6-1-4-16-18/h1-4,6,8H,5,7,9H2,(H,14,19). The largest absolute Gasteiger partial charge is 0.353 e. The lowest BCUT2D eigenvalue weighted by atomic mass is 10.2. The molecule has 7 nitrogen and oxygen atoms in total. The second-order valence-corrected chi connectivity index (χ2v) is 4.43. The molecule has 1 aliphatic heterocycles. The summed E-state index contributed by atoms with van der Waals surface area (Å²) in [4.78, 5) is 29.2. The topological polar surface area (TPSA) is 80.1 Å². The SMILES string of the molecule is O=C1CN(C(=O)c2ccc(-n3cccn3)nc2)CCN1. The second kappa shape index (κ2) is 5.12. The highest BCUT2D eigenvalue weighted by Crippen LogP contribution is 2.08. The van der Waals surface area contributed by atoms with Crippen molar-refractivity contribution in [2.45, 2.75) is 0 Å². The Kier molecular flexibility index (Phi) is 3.16. The minimum Gasteiger partial charge on any atom is -0.353 e. The molecule has 2 amide bonds. The summed E-state index contributed by atoms with van der Waals surface area (Å²) in [5, 5.41) is 6.75. The van der Waals surface area contributed by atoms with E-state index in [1.165, 1.54) is 11.1 Å². The van der Waals surface area contributed by atoms with E-state index in [1.807, 2.05) is 0 Å². The number of pyridine rings is 1. The van der Waals surface area contributed by atoms with Gasteiger partial charge in [-0.2, -0.15) is 5.10 Å². The molecule has 0 bridgehead atoms. The number of rotatable bonds is 2. The summed E-state index contributed by atoms with van der Waals surface area (Å²) in [5.41, 5.74) is 0.468. The first-order valence-electron chi connectivity index (χ1n) is 6.26. The zero-order valence-corrected chi connectivity index (χ0v) is 10.7. The Morgan fingerprint density at radius 2 is 2.25 bits per heavy atom. The Hall–Kier alpha value is -2.70. The van der Waals surface area contributed by atoms with E-state index in [0.717, 1.165) is 0 Å². The number of hydrogen-bond acceptors (Lipinski definition) is 4. The van der Waals surface area contributed by atoms with Gasteiger partial charge in [-0.25, -0.2) is 9.67 Å². The molecular formula is C13H13N5O2. The fraction of sp³-hybridized carbons (Fsp3) is 0.231. The quantitative estimate of drug-likeness (QED) is 0.823. The maximum Gasteiger partial charge on any atom is 0.255 e. The highest BCUT2D eigenvalue weighted by molar-refractivity contribution is 5.96. The lowest BCUT2D eigenvalue weighted by Crippen LogP contribution is -2.49. The molecule has 0 saturated carbocycles. The van der Waals surface area contributed by atoms with E-state index in [-0.39, 0.29) is 18.4 Å². The summed E-state index contributed by atoms with van der Waals surface area (Å²) < 4.78 is 1.61. The van der Waals surface area contributed by atoms with Crippen molar-refractivity contribution >= 4 is 11.8 Å². The van der Waals surface area contributed by atoms with Gasteiger partial charge in [0.1, 0.15) is 0 Å². The second-order valence-electron chi connectivity index (χ2n) is 4.43. The van der Waals surface area contributed by atoms with Crippen LogP contribution in [0.2, 0.25) is 0 Å². The Balaban J connectivity index is 1.77. The average Bonchev–Trinajstić information content (AvgIpc) is 3.01. The van der Waals surface area contributed by atoms with Gasteiger partial charge in [-0.3, -0.25) is 9.59 Å². The Morgan fingerprint density at radius 3 is 2.90 bits per heavy atom. The number of aromatic nitrogens is 3. The zero-order valence-electron chi connectivity index (χ0n) is 10.7. The Morgan fingerprint density at radius 1 is 1.35 bits per heavy atom. The number of hydrogen-bond donors (Lipinski definition) is 1. The highest BCUT2D eigenvalue weighted by atomic mass is 16.2. The van der Waals surface area contributed by atoms with Crippen molar-refractivity contribution in [2.24, 2.45) is 0 Å². The third-order valence-electron chi connectivity index (χ3n) is 3.06. The van der Waals surface area contributed by atoms with E-state index in [0.29, 0.717) is 24.5 Å². The predicted octanol–water partition coefficient (Wildman–Crippen LogP) is -0.161. The molecule has 1 fully saturated rings. The van der Waals surface area contributed by atoms with E-state index in [4.69, 9.17) is 0 Å². The normalized spacial score (nSPS) is 15.0. The molecule has 0 spiro atoms. The van der Waals surface area contributed by atoms with Crippen LogP contribution in [0.3, 0.4) is 0 Å². The summed E-state index contributed by atoms with van der Waals surface area (Å²) in [7, 11) is 0. The summed E-state index contributed by atoms with van der Waals surface area (Å²) >= 11 is 0. The van der Waals surface area contributed by atoms with Crippen LogP contribution < -0.4 is 5.32 Å². The van der Waals surface area contributed by atoms with Gasteiger partial charge in [0.15, 0.2) is 5.82 Å². The predicted molar refractivity (Wildman–Crippen MR) is 70.3 cm³/mol. The summed E-state index contributed by atoms with van der Waals surface area (Å²) in [5.74, 6) is 0.327. The summed E-state index contributed by atoms with van der Waals surface area (Å²) in [6.45, 7) is 1.11. The van der Waals surface area contributed by atoms with Crippen molar-refractivity contribution in [3.05, 3.63) is 42.4 Å². The molecule has 2 aromatic heterocycles. The minimum absolute atomic E-state index is 0.0970. The first-order valence-corrected chi connectivity index (χ1v) is 6.26. The maximum absolute atomic E-state index is 12.2. The fourth-order valence-corrected chi connectivity index (χ4v) is 2.05. The van der Waals surface area contributed by atoms with Crippen LogP contribution in [0.4, 0.5) is 0 Å². The van der Waals surface area contributed by atoms with Crippen molar-refractivity contribution in [3.63, 3.8) is 0 Å². The molecular weight excluding hydrogens is 258 g/mol. The number of nitrogens with zero attached hydrogens (tertiary/aromatic N) is 4. The third kappa shape index (κ3) is 2.37. The van der Waals surface area contributed by atoms with Gasteiger partial charge in [0.25, 0.3) is 5.91 Å². The van der Waals surface area contributed by atoms with Gasteiger partial charge in [-0.05, 0) is 18.2 Å². The molecule has 3 rings (SSSR count). The van der Waals surface area contributed by atoms with Crippen LogP contribution >= 0.6 is 0 Å². The van der Waals surface area contributed by atoms with Crippen LogP contribution in [0.1, 0.15) is 10.4 Å². The molecule has 2 aromatic rings. The monoisotopic (exact) mass is 271 g/mol. The van der Waals surface area contributed by atoms with Crippen molar-refractivity contribution in [1.82, 2.24) is 25.0 Å². The van der Waals surface area contributed by atoms with Gasteiger partial charge < -0.3 is 10.2 Å². The molecule has 0 aromatic carbocycles. The van der Waals surface area contributed by atoms with E-state index in [9.17, 15) is 9.59 Å². The molecule has 0 aliphatic carbocycles. The first-order chi connectivity index (χ1) is 9.74. The number of piperazine rings is 1. The Labute approximate surface area is 115 Å². The molecule has 20 heavy (non-hydrogen) atoms. The van der Waals surface area contributed by atoms with E-state index < -0.39 is 0 Å². The van der Waals surface area contributed by atoms with Crippen molar-refractivity contribution < 1.29 is 9.59 Å². The van der Waals surface area contributed by atoms with Gasteiger partial charge in [0.05, 0.1) is 12.1 Å². The highest BCUT2D eigenvalue weighted by Gasteiger charge is 2.22. The van der Waals surface area contributed by atoms with Crippen LogP contribution in [0, 0.1) is 0 Å². The van der Waals surface area contributed by atoms with E-state index in [1.54, 1.807) is 35.3 Å². The molecule has 1 saturated heterocycles. The first kappa shape index (κ1) is 12.3. The Bertz CT molecular complexity index is 621. The number of carbonyl (C=O) groups is 2. The van der Waals surface area contributed by atoms with Crippen LogP contribution in [0.5, 0.6) is 0 Å². The number of amides is 2. The molecule has 0 atom stereocenters. The summed E-state index contributed by atoms with van der Waals surface area (Å²) in [6, 6.07) is 5.22. The van der Waals surface area contributed by atoms with E-state index >= 15 is 0 Å². The van der Waals surface area contributed by atoms with Crippen molar-refractivity contribution in [3.8, 4) is 5.82 Å². The number of carbonyl (C=O) groups excluding carboxylic acids is 2. The van der Waals surface area contributed by atoms with Crippen molar-refractivity contribution in [2.75, 3.05) is 19.6 Å². The minimum atomic E-state index is -0.181. The van der Waals surface area contributed by atoms with Gasteiger partial charge in [0, 0.05) is 31.7 Å². The molecule has 1 aliphatic rings. The van der Waals surface area contributed by atoms with Gasteiger partial charge in [-0.1, -0.05) is 0 Å². The third-order valence-corrected chi connectivity index (χ3v) is 3.06. The zero-order chi connectivity index (χ0) is 13.9. The lowest BCUT2D eigenvalue weighted by molar-refractivity contribution is -0.123. The van der Waals surface area contributed by atoms with Crippen molar-refractivity contribution in [1.29, 1.82) is 0 Å². The molecule has 3 heterocycles. The van der Waals surface area contributed by atoms with E-state index in [2.05, 4.69) is 15.4 Å².